The molecule has 0 saturated carbocycles. The Labute approximate surface area is 220 Å². The van der Waals surface area contributed by atoms with E-state index in [9.17, 15) is 0 Å². The first-order valence-electron chi connectivity index (χ1n) is 10.8. The molecule has 0 bridgehead atoms. The van der Waals surface area contributed by atoms with Crippen molar-refractivity contribution >= 4 is 68.2 Å². The summed E-state index contributed by atoms with van der Waals surface area (Å²) in [5, 5.41) is 17.5. The summed E-state index contributed by atoms with van der Waals surface area (Å²) in [7, 11) is 0. The molecule has 2 N–H and O–H groups in total. The molecule has 168 valence electrons. The molecule has 0 radical (unpaired) electrons. The number of aromatic nitrogens is 2. The minimum atomic E-state index is -0.201. The minimum absolute atomic E-state index is 0.201. The molecule has 0 aliphatic carbocycles. The van der Waals surface area contributed by atoms with Crippen molar-refractivity contribution in [3.05, 3.63) is 91.3 Å². The van der Waals surface area contributed by atoms with E-state index in [2.05, 4.69) is 102 Å². The van der Waals surface area contributed by atoms with Crippen molar-refractivity contribution in [2.45, 2.75) is 32.1 Å². The number of nitrogens with one attached hydrogen (secondary N) is 2. The number of benzene rings is 2. The molecule has 2 aromatic carbocycles. The van der Waals surface area contributed by atoms with Crippen LogP contribution in [0.3, 0.4) is 0 Å². The summed E-state index contributed by atoms with van der Waals surface area (Å²) in [6.45, 7) is 4.40. The van der Waals surface area contributed by atoms with Crippen molar-refractivity contribution in [3.8, 4) is 0 Å². The molecular formula is C25H24I2N6. The molecule has 33 heavy (non-hydrogen) atoms. The van der Waals surface area contributed by atoms with Crippen LogP contribution in [0.15, 0.2) is 93.3 Å². The van der Waals surface area contributed by atoms with E-state index >= 15 is 0 Å². The molecule has 0 unspecified atom stereocenters. The number of azo groups is 2. The largest absolute Gasteiger partial charge is 0.341 e. The van der Waals surface area contributed by atoms with Crippen molar-refractivity contribution in [2.75, 3.05) is 0 Å². The van der Waals surface area contributed by atoms with E-state index in [1.807, 2.05) is 60.7 Å². The molecule has 0 fully saturated rings. The van der Waals surface area contributed by atoms with Crippen LogP contribution in [0.4, 0.5) is 23.0 Å². The van der Waals surface area contributed by atoms with Gasteiger partial charge < -0.3 is 9.97 Å². The molecule has 0 amide bonds. The zero-order valence-corrected chi connectivity index (χ0v) is 22.7. The van der Waals surface area contributed by atoms with Crippen LogP contribution in [0.5, 0.6) is 0 Å². The zero-order valence-electron chi connectivity index (χ0n) is 18.4. The Kier molecular flexibility index (Phi) is 7.74. The average Bonchev–Trinajstić information content (AvgIpc) is 3.51. The highest BCUT2D eigenvalue weighted by Gasteiger charge is 2.33. The number of nitrogens with zero attached hydrogens (tertiary/aromatic N) is 4. The molecular weight excluding hydrogens is 638 g/mol. The normalized spacial score (nSPS) is 12.2. The number of hydrogen-bond donors (Lipinski definition) is 2. The molecule has 4 rings (SSSR count). The molecule has 2 heterocycles. The minimum Gasteiger partial charge on any atom is -0.341 e. The van der Waals surface area contributed by atoms with Gasteiger partial charge >= 0.3 is 0 Å². The van der Waals surface area contributed by atoms with Gasteiger partial charge in [0, 0.05) is 23.9 Å². The van der Waals surface area contributed by atoms with Crippen LogP contribution in [0.2, 0.25) is 0 Å². The second kappa shape index (κ2) is 10.7. The second-order valence-corrected chi connectivity index (χ2v) is 10.1. The van der Waals surface area contributed by atoms with Crippen LogP contribution < -0.4 is 0 Å². The van der Waals surface area contributed by atoms with Gasteiger partial charge in [0.1, 0.15) is 0 Å². The van der Waals surface area contributed by atoms with Gasteiger partial charge in [-0.1, -0.05) is 13.8 Å². The number of aromatic amines is 2. The van der Waals surface area contributed by atoms with Gasteiger partial charge in [0.25, 0.3) is 0 Å². The highest BCUT2D eigenvalue weighted by atomic mass is 127. The predicted octanol–water partition coefficient (Wildman–Crippen LogP) is 9.49. The smallest absolute Gasteiger partial charge is 0.152 e. The Morgan fingerprint density at radius 1 is 0.576 bits per heavy atom. The Hall–Kier alpha value is -2.34. The van der Waals surface area contributed by atoms with Crippen LogP contribution in [-0.4, -0.2) is 9.97 Å². The lowest BCUT2D eigenvalue weighted by Crippen LogP contribution is -2.26. The van der Waals surface area contributed by atoms with E-state index < -0.39 is 0 Å². The third-order valence-corrected chi connectivity index (χ3v) is 7.22. The number of hydrogen-bond acceptors (Lipinski definition) is 4. The van der Waals surface area contributed by atoms with Crippen molar-refractivity contribution in [3.63, 3.8) is 0 Å². The fourth-order valence-electron chi connectivity index (χ4n) is 3.84. The highest BCUT2D eigenvalue weighted by molar-refractivity contribution is 14.1. The Balaban J connectivity index is 1.56. The van der Waals surface area contributed by atoms with Gasteiger partial charge in [0.05, 0.1) is 11.4 Å². The molecule has 4 aromatic rings. The lowest BCUT2D eigenvalue weighted by Gasteiger charge is -2.30. The van der Waals surface area contributed by atoms with Crippen molar-refractivity contribution in [1.29, 1.82) is 0 Å². The lowest BCUT2D eigenvalue weighted by atomic mass is 9.76. The summed E-state index contributed by atoms with van der Waals surface area (Å²) in [4.78, 5) is 6.94. The Bertz CT molecular complexity index is 1150. The van der Waals surface area contributed by atoms with Crippen LogP contribution in [0.25, 0.3) is 0 Å². The zero-order chi connectivity index (χ0) is 23.3. The van der Waals surface area contributed by atoms with Crippen molar-refractivity contribution in [2.24, 2.45) is 20.5 Å². The summed E-state index contributed by atoms with van der Waals surface area (Å²) in [5.41, 5.74) is 3.67. The molecule has 8 heteroatoms. The van der Waals surface area contributed by atoms with Crippen molar-refractivity contribution < 1.29 is 0 Å². The summed E-state index contributed by atoms with van der Waals surface area (Å²) in [6.07, 6.45) is 1.85. The molecule has 0 atom stereocenters. The summed E-state index contributed by atoms with van der Waals surface area (Å²) >= 11 is 4.56. The van der Waals surface area contributed by atoms with Crippen LogP contribution >= 0.6 is 45.2 Å². The van der Waals surface area contributed by atoms with Gasteiger partial charge in [0.2, 0.25) is 0 Å². The fourth-order valence-corrected chi connectivity index (χ4v) is 4.56. The molecule has 2 aromatic heterocycles. The molecule has 0 saturated heterocycles. The van der Waals surface area contributed by atoms with Crippen molar-refractivity contribution in [1.82, 2.24) is 9.97 Å². The Morgan fingerprint density at radius 2 is 0.970 bits per heavy atom. The van der Waals surface area contributed by atoms with Gasteiger partial charge in [0.15, 0.2) is 11.6 Å². The van der Waals surface area contributed by atoms with E-state index in [4.69, 9.17) is 0 Å². The quantitative estimate of drug-likeness (QED) is 0.139. The van der Waals surface area contributed by atoms with Crippen LogP contribution in [0.1, 0.15) is 38.1 Å². The maximum atomic E-state index is 4.40. The topological polar surface area (TPSA) is 81.0 Å². The predicted molar refractivity (Wildman–Crippen MR) is 150 cm³/mol. The summed E-state index contributed by atoms with van der Waals surface area (Å²) in [5.74, 6) is 1.47. The van der Waals surface area contributed by atoms with Gasteiger partial charge in [-0.3, -0.25) is 0 Å². The number of H-pyrrole nitrogens is 2. The molecule has 0 aliphatic heterocycles. The first-order valence-corrected chi connectivity index (χ1v) is 12.9. The fraction of sp³-hybridized carbons (Fsp3) is 0.200. The van der Waals surface area contributed by atoms with Crippen LogP contribution in [0, 0.1) is 7.14 Å². The maximum absolute atomic E-state index is 4.40. The Morgan fingerprint density at radius 3 is 1.33 bits per heavy atom. The molecule has 6 nitrogen and oxygen atoms in total. The maximum Gasteiger partial charge on any atom is 0.152 e. The van der Waals surface area contributed by atoms with E-state index in [1.54, 1.807) is 0 Å². The monoisotopic (exact) mass is 662 g/mol. The van der Waals surface area contributed by atoms with Gasteiger partial charge in [-0.25, -0.2) is 0 Å². The molecule has 0 spiro atoms. The van der Waals surface area contributed by atoms with E-state index in [0.717, 1.165) is 47.2 Å². The first-order chi connectivity index (χ1) is 16.0. The first kappa shape index (κ1) is 23.8. The van der Waals surface area contributed by atoms with Gasteiger partial charge in [-0.2, -0.15) is 0 Å². The van der Waals surface area contributed by atoms with Crippen LogP contribution in [-0.2, 0) is 5.41 Å². The highest BCUT2D eigenvalue weighted by Crippen LogP contribution is 2.39. The summed E-state index contributed by atoms with van der Waals surface area (Å²) < 4.78 is 2.35. The van der Waals surface area contributed by atoms with E-state index in [-0.39, 0.29) is 5.41 Å². The third-order valence-electron chi connectivity index (χ3n) is 5.78. The number of halogens is 2. The summed E-state index contributed by atoms with van der Waals surface area (Å²) in [6, 6.07) is 24.1. The third kappa shape index (κ3) is 5.60. The van der Waals surface area contributed by atoms with Gasteiger partial charge in [-0.05, 0) is 131 Å². The standard InChI is InChI=1S/C25H24I2N6/c1-3-25(4-2,21-13-15-23(28-21)32-30-19-9-5-17(26)6-10-19)22-14-16-24(29-22)33-31-20-11-7-18(27)8-12-20/h5-16,28-29H,3-4H2,1-2H3. The lowest BCUT2D eigenvalue weighted by molar-refractivity contribution is 0.456. The van der Waals surface area contributed by atoms with E-state index in [1.165, 1.54) is 7.14 Å². The second-order valence-electron chi connectivity index (χ2n) is 7.66. The SMILES string of the molecule is CCC(CC)(c1ccc(N=Nc2ccc(I)cc2)[nH]1)c1ccc(N=Nc2ccc(I)cc2)[nH]1. The van der Waals surface area contributed by atoms with Gasteiger partial charge in [-0.15, -0.1) is 20.5 Å². The average molecular weight is 662 g/mol. The van der Waals surface area contributed by atoms with E-state index in [0.29, 0.717) is 0 Å². The molecule has 0 aliphatic rings. The number of rotatable bonds is 8.